The SMILES string of the molecule is CCCC(C)CN1CCN(CCC(=O)O)CC1. The highest BCUT2D eigenvalue weighted by atomic mass is 16.4. The van der Waals surface area contributed by atoms with Crippen LogP contribution >= 0.6 is 0 Å². The number of carbonyl (C=O) groups is 1. The minimum Gasteiger partial charge on any atom is -0.481 e. The van der Waals surface area contributed by atoms with E-state index in [1.807, 2.05) is 0 Å². The standard InChI is InChI=1S/C13H26N2O2/c1-3-4-12(2)11-15-9-7-14(8-10-15)6-5-13(16)17/h12H,3-11H2,1-2H3,(H,16,17). The van der Waals surface area contributed by atoms with Crippen LogP contribution in [-0.4, -0.2) is 60.1 Å². The van der Waals surface area contributed by atoms with E-state index < -0.39 is 5.97 Å². The predicted molar refractivity (Wildman–Crippen MR) is 69.2 cm³/mol. The quantitative estimate of drug-likeness (QED) is 0.735. The molecule has 4 nitrogen and oxygen atoms in total. The van der Waals surface area contributed by atoms with Crippen LogP contribution in [0.5, 0.6) is 0 Å². The van der Waals surface area contributed by atoms with Crippen LogP contribution in [0.3, 0.4) is 0 Å². The molecule has 1 saturated heterocycles. The van der Waals surface area contributed by atoms with Gasteiger partial charge in [0.1, 0.15) is 0 Å². The van der Waals surface area contributed by atoms with Crippen molar-refractivity contribution in [1.29, 1.82) is 0 Å². The molecule has 1 aliphatic heterocycles. The second kappa shape index (κ2) is 7.67. The van der Waals surface area contributed by atoms with E-state index >= 15 is 0 Å². The summed E-state index contributed by atoms with van der Waals surface area (Å²) < 4.78 is 0. The van der Waals surface area contributed by atoms with Gasteiger partial charge in [-0.3, -0.25) is 4.79 Å². The van der Waals surface area contributed by atoms with E-state index in [1.165, 1.54) is 19.4 Å². The Morgan fingerprint density at radius 1 is 1.24 bits per heavy atom. The average molecular weight is 242 g/mol. The molecule has 0 amide bonds. The van der Waals surface area contributed by atoms with Gasteiger partial charge in [-0.15, -0.1) is 0 Å². The summed E-state index contributed by atoms with van der Waals surface area (Å²) in [7, 11) is 0. The van der Waals surface area contributed by atoms with Gasteiger partial charge in [-0.25, -0.2) is 0 Å². The van der Waals surface area contributed by atoms with Gasteiger partial charge < -0.3 is 14.9 Å². The molecule has 0 aliphatic carbocycles. The largest absolute Gasteiger partial charge is 0.481 e. The monoisotopic (exact) mass is 242 g/mol. The molecule has 0 aromatic rings. The van der Waals surface area contributed by atoms with Gasteiger partial charge in [0, 0.05) is 39.3 Å². The zero-order chi connectivity index (χ0) is 12.7. The minimum atomic E-state index is -0.691. The second-order valence-electron chi connectivity index (χ2n) is 5.18. The summed E-state index contributed by atoms with van der Waals surface area (Å²) in [5.74, 6) is 0.0922. The van der Waals surface area contributed by atoms with Gasteiger partial charge in [0.05, 0.1) is 6.42 Å². The number of nitrogens with zero attached hydrogens (tertiary/aromatic N) is 2. The zero-order valence-corrected chi connectivity index (χ0v) is 11.2. The van der Waals surface area contributed by atoms with Gasteiger partial charge in [-0.1, -0.05) is 20.3 Å². The minimum absolute atomic E-state index is 0.270. The maximum atomic E-state index is 10.5. The Bertz CT molecular complexity index is 225. The molecule has 0 aromatic carbocycles. The summed E-state index contributed by atoms with van der Waals surface area (Å²) in [6.45, 7) is 10.7. The molecule has 0 spiro atoms. The fourth-order valence-corrected chi connectivity index (χ4v) is 2.47. The Morgan fingerprint density at radius 3 is 2.35 bits per heavy atom. The van der Waals surface area contributed by atoms with Crippen molar-refractivity contribution in [3.63, 3.8) is 0 Å². The molecule has 1 fully saturated rings. The number of carboxylic acid groups (broad SMARTS) is 1. The lowest BCUT2D eigenvalue weighted by atomic mass is 10.1. The molecule has 17 heavy (non-hydrogen) atoms. The number of hydrogen-bond acceptors (Lipinski definition) is 3. The van der Waals surface area contributed by atoms with Crippen LogP contribution in [0.25, 0.3) is 0 Å². The van der Waals surface area contributed by atoms with Crippen LogP contribution < -0.4 is 0 Å². The predicted octanol–water partition coefficient (Wildman–Crippen LogP) is 1.51. The van der Waals surface area contributed by atoms with Crippen molar-refractivity contribution >= 4 is 5.97 Å². The van der Waals surface area contributed by atoms with Gasteiger partial charge in [-0.05, 0) is 12.3 Å². The van der Waals surface area contributed by atoms with Crippen molar-refractivity contribution in [2.45, 2.75) is 33.1 Å². The first-order valence-corrected chi connectivity index (χ1v) is 6.78. The number of rotatable bonds is 7. The molecular weight excluding hydrogens is 216 g/mol. The lowest BCUT2D eigenvalue weighted by molar-refractivity contribution is -0.137. The molecular formula is C13H26N2O2. The fourth-order valence-electron chi connectivity index (χ4n) is 2.47. The first-order valence-electron chi connectivity index (χ1n) is 6.78. The highest BCUT2D eigenvalue weighted by Crippen LogP contribution is 2.10. The highest BCUT2D eigenvalue weighted by molar-refractivity contribution is 5.66. The third kappa shape index (κ3) is 6.03. The van der Waals surface area contributed by atoms with Crippen molar-refractivity contribution in [2.75, 3.05) is 39.3 Å². The van der Waals surface area contributed by atoms with Crippen molar-refractivity contribution in [2.24, 2.45) is 5.92 Å². The second-order valence-corrected chi connectivity index (χ2v) is 5.18. The Morgan fingerprint density at radius 2 is 1.82 bits per heavy atom. The molecule has 100 valence electrons. The van der Waals surface area contributed by atoms with Crippen LogP contribution in [0.1, 0.15) is 33.1 Å². The molecule has 0 saturated carbocycles. The summed E-state index contributed by atoms with van der Waals surface area (Å²) in [6, 6.07) is 0. The maximum Gasteiger partial charge on any atom is 0.304 e. The topological polar surface area (TPSA) is 43.8 Å². The maximum absolute atomic E-state index is 10.5. The Labute approximate surface area is 105 Å². The van der Waals surface area contributed by atoms with Gasteiger partial charge >= 0.3 is 5.97 Å². The van der Waals surface area contributed by atoms with Gasteiger partial charge in [0.2, 0.25) is 0 Å². The van der Waals surface area contributed by atoms with E-state index in [1.54, 1.807) is 0 Å². The molecule has 1 atom stereocenters. The number of carboxylic acids is 1. The molecule has 0 aromatic heterocycles. The van der Waals surface area contributed by atoms with Crippen LogP contribution in [0.15, 0.2) is 0 Å². The van der Waals surface area contributed by atoms with E-state index in [2.05, 4.69) is 23.6 Å². The molecule has 1 aliphatic rings. The Hall–Kier alpha value is -0.610. The van der Waals surface area contributed by atoms with Crippen molar-refractivity contribution in [3.05, 3.63) is 0 Å². The van der Waals surface area contributed by atoms with Crippen molar-refractivity contribution in [3.8, 4) is 0 Å². The summed E-state index contributed by atoms with van der Waals surface area (Å²) in [5, 5.41) is 8.64. The summed E-state index contributed by atoms with van der Waals surface area (Å²) >= 11 is 0. The van der Waals surface area contributed by atoms with Crippen LogP contribution in [0.4, 0.5) is 0 Å². The smallest absolute Gasteiger partial charge is 0.304 e. The highest BCUT2D eigenvalue weighted by Gasteiger charge is 2.18. The zero-order valence-electron chi connectivity index (χ0n) is 11.2. The van der Waals surface area contributed by atoms with Crippen LogP contribution in [-0.2, 0) is 4.79 Å². The molecule has 1 heterocycles. The molecule has 1 rings (SSSR count). The summed E-state index contributed by atoms with van der Waals surface area (Å²) in [5.41, 5.74) is 0. The molecule has 0 bridgehead atoms. The van der Waals surface area contributed by atoms with Gasteiger partial charge in [-0.2, -0.15) is 0 Å². The third-order valence-electron chi connectivity index (χ3n) is 3.46. The number of hydrogen-bond donors (Lipinski definition) is 1. The lowest BCUT2D eigenvalue weighted by Gasteiger charge is -2.35. The van der Waals surface area contributed by atoms with E-state index in [0.29, 0.717) is 6.54 Å². The molecule has 1 unspecified atom stereocenters. The van der Waals surface area contributed by atoms with Crippen molar-refractivity contribution in [1.82, 2.24) is 9.80 Å². The summed E-state index contributed by atoms with van der Waals surface area (Å²) in [4.78, 5) is 15.3. The molecule has 0 radical (unpaired) electrons. The van der Waals surface area contributed by atoms with Gasteiger partial charge in [0.15, 0.2) is 0 Å². The van der Waals surface area contributed by atoms with E-state index in [9.17, 15) is 4.79 Å². The Balaban J connectivity index is 2.14. The molecule has 1 N–H and O–H groups in total. The van der Waals surface area contributed by atoms with E-state index in [4.69, 9.17) is 5.11 Å². The van der Waals surface area contributed by atoms with Crippen molar-refractivity contribution < 1.29 is 9.90 Å². The van der Waals surface area contributed by atoms with Crippen LogP contribution in [0, 0.1) is 5.92 Å². The van der Waals surface area contributed by atoms with Crippen LogP contribution in [0.2, 0.25) is 0 Å². The van der Waals surface area contributed by atoms with E-state index in [0.717, 1.165) is 32.1 Å². The number of aliphatic carboxylic acids is 1. The third-order valence-corrected chi connectivity index (χ3v) is 3.46. The average Bonchev–Trinajstić information content (AvgIpc) is 2.28. The van der Waals surface area contributed by atoms with E-state index in [-0.39, 0.29) is 6.42 Å². The summed E-state index contributed by atoms with van der Waals surface area (Å²) in [6.07, 6.45) is 2.84. The first kappa shape index (κ1) is 14.5. The van der Waals surface area contributed by atoms with Gasteiger partial charge in [0.25, 0.3) is 0 Å². The number of piperazine rings is 1. The fraction of sp³-hybridized carbons (Fsp3) is 0.923. The Kier molecular flexibility index (Phi) is 6.52. The normalized spacial score (nSPS) is 20.4. The molecule has 4 heteroatoms. The lowest BCUT2D eigenvalue weighted by Crippen LogP contribution is -2.47. The first-order chi connectivity index (χ1) is 8.11.